The van der Waals surface area contributed by atoms with Crippen molar-refractivity contribution >= 4 is 21.7 Å². The summed E-state index contributed by atoms with van der Waals surface area (Å²) in [6.45, 7) is 1.71. The third kappa shape index (κ3) is 2.65. The first-order valence-corrected chi connectivity index (χ1v) is 8.20. The summed E-state index contributed by atoms with van der Waals surface area (Å²) in [5, 5.41) is 0. The van der Waals surface area contributed by atoms with Crippen LogP contribution < -0.4 is 10.6 Å². The first kappa shape index (κ1) is 13.4. The zero-order chi connectivity index (χ0) is 13.2. The van der Waals surface area contributed by atoms with Crippen LogP contribution in [0.15, 0.2) is 16.7 Å². The molecule has 0 amide bonds. The Labute approximate surface area is 123 Å². The maximum atomic E-state index is 5.90. The molecule has 0 radical (unpaired) electrons. The molecular formula is C15H22BrN3. The van der Waals surface area contributed by atoms with E-state index in [1.54, 1.807) is 0 Å². The third-order valence-electron chi connectivity index (χ3n) is 4.64. The van der Waals surface area contributed by atoms with E-state index in [2.05, 4.69) is 31.9 Å². The minimum absolute atomic E-state index is 0.565. The molecule has 104 valence electrons. The van der Waals surface area contributed by atoms with Gasteiger partial charge < -0.3 is 10.6 Å². The fraction of sp³-hybridized carbons (Fsp3) is 0.667. The van der Waals surface area contributed by atoms with E-state index in [9.17, 15) is 0 Å². The van der Waals surface area contributed by atoms with E-state index in [1.807, 2.05) is 6.20 Å². The Hall–Kier alpha value is -0.610. The average Bonchev–Trinajstić information content (AvgIpc) is 3.08. The summed E-state index contributed by atoms with van der Waals surface area (Å²) in [5.74, 6) is 2.00. The van der Waals surface area contributed by atoms with Crippen molar-refractivity contribution in [1.82, 2.24) is 4.98 Å². The van der Waals surface area contributed by atoms with Crippen LogP contribution in [-0.4, -0.2) is 17.6 Å². The SMILES string of the molecule is NCc1cc(Br)cnc1N1CCCC1C1CCCC1. The highest BCUT2D eigenvalue weighted by Gasteiger charge is 2.34. The van der Waals surface area contributed by atoms with Crippen LogP contribution in [0.5, 0.6) is 0 Å². The summed E-state index contributed by atoms with van der Waals surface area (Å²) in [6, 6.07) is 2.81. The molecule has 1 aliphatic heterocycles. The smallest absolute Gasteiger partial charge is 0.133 e. The molecule has 0 bridgehead atoms. The molecule has 3 rings (SSSR count). The minimum Gasteiger partial charge on any atom is -0.353 e. The van der Waals surface area contributed by atoms with E-state index in [0.29, 0.717) is 12.6 Å². The molecule has 0 spiro atoms. The summed E-state index contributed by atoms with van der Waals surface area (Å²) >= 11 is 3.49. The van der Waals surface area contributed by atoms with Crippen molar-refractivity contribution in [3.63, 3.8) is 0 Å². The number of nitrogens with zero attached hydrogens (tertiary/aromatic N) is 2. The summed E-state index contributed by atoms with van der Waals surface area (Å²) < 4.78 is 1.02. The maximum Gasteiger partial charge on any atom is 0.133 e. The number of pyridine rings is 1. The molecule has 1 saturated heterocycles. The Morgan fingerprint density at radius 2 is 2.05 bits per heavy atom. The molecule has 3 nitrogen and oxygen atoms in total. The van der Waals surface area contributed by atoms with E-state index in [0.717, 1.165) is 22.8 Å². The van der Waals surface area contributed by atoms with Gasteiger partial charge in [-0.15, -0.1) is 0 Å². The van der Waals surface area contributed by atoms with Crippen molar-refractivity contribution in [1.29, 1.82) is 0 Å². The fourth-order valence-electron chi connectivity index (χ4n) is 3.77. The van der Waals surface area contributed by atoms with Crippen LogP contribution in [0.2, 0.25) is 0 Å². The second-order valence-electron chi connectivity index (χ2n) is 5.79. The molecule has 0 aromatic carbocycles. The number of aromatic nitrogens is 1. The molecule has 2 aliphatic rings. The van der Waals surface area contributed by atoms with Crippen molar-refractivity contribution in [2.45, 2.75) is 51.1 Å². The van der Waals surface area contributed by atoms with Crippen LogP contribution in [0.25, 0.3) is 0 Å². The number of anilines is 1. The van der Waals surface area contributed by atoms with Gasteiger partial charge in [0.05, 0.1) is 0 Å². The molecule has 1 aliphatic carbocycles. The van der Waals surface area contributed by atoms with Gasteiger partial charge in [0, 0.05) is 35.4 Å². The highest BCUT2D eigenvalue weighted by Crippen LogP contribution is 2.38. The van der Waals surface area contributed by atoms with Gasteiger partial charge in [0.2, 0.25) is 0 Å². The van der Waals surface area contributed by atoms with Crippen molar-refractivity contribution < 1.29 is 0 Å². The van der Waals surface area contributed by atoms with Gasteiger partial charge in [-0.05, 0) is 53.6 Å². The Bertz CT molecular complexity index is 443. The first-order chi connectivity index (χ1) is 9.29. The van der Waals surface area contributed by atoms with Gasteiger partial charge in [0.1, 0.15) is 5.82 Å². The molecule has 1 aromatic rings. The molecule has 2 N–H and O–H groups in total. The highest BCUT2D eigenvalue weighted by molar-refractivity contribution is 9.10. The minimum atomic E-state index is 0.565. The van der Waals surface area contributed by atoms with Crippen molar-refractivity contribution in [2.24, 2.45) is 11.7 Å². The van der Waals surface area contributed by atoms with Crippen LogP contribution in [0, 0.1) is 5.92 Å². The lowest BCUT2D eigenvalue weighted by Crippen LogP contribution is -2.36. The largest absolute Gasteiger partial charge is 0.353 e. The molecule has 19 heavy (non-hydrogen) atoms. The molecule has 2 heterocycles. The predicted molar refractivity (Wildman–Crippen MR) is 82.2 cm³/mol. The second kappa shape index (κ2) is 5.80. The van der Waals surface area contributed by atoms with E-state index in [1.165, 1.54) is 44.1 Å². The van der Waals surface area contributed by atoms with Crippen molar-refractivity contribution in [3.8, 4) is 0 Å². The van der Waals surface area contributed by atoms with Crippen LogP contribution in [0.1, 0.15) is 44.1 Å². The van der Waals surface area contributed by atoms with Crippen LogP contribution in [0.4, 0.5) is 5.82 Å². The number of halogens is 1. The second-order valence-corrected chi connectivity index (χ2v) is 6.70. The quantitative estimate of drug-likeness (QED) is 0.926. The summed E-state index contributed by atoms with van der Waals surface area (Å²) in [4.78, 5) is 7.18. The molecule has 1 unspecified atom stereocenters. The first-order valence-electron chi connectivity index (χ1n) is 7.40. The highest BCUT2D eigenvalue weighted by atomic mass is 79.9. The standard InChI is InChI=1S/C15H22BrN3/c16-13-8-12(9-17)15(18-10-13)19-7-3-6-14(19)11-4-1-2-5-11/h8,10-11,14H,1-7,9,17H2. The Kier molecular flexibility index (Phi) is 4.08. The summed E-state index contributed by atoms with van der Waals surface area (Å²) in [5.41, 5.74) is 7.06. The van der Waals surface area contributed by atoms with Gasteiger partial charge in [-0.1, -0.05) is 12.8 Å². The Morgan fingerprint density at radius 1 is 1.26 bits per heavy atom. The molecule has 2 fully saturated rings. The number of hydrogen-bond acceptors (Lipinski definition) is 3. The van der Waals surface area contributed by atoms with Gasteiger partial charge in [0.25, 0.3) is 0 Å². The summed E-state index contributed by atoms with van der Waals surface area (Å²) in [7, 11) is 0. The average molecular weight is 324 g/mol. The zero-order valence-corrected chi connectivity index (χ0v) is 12.9. The third-order valence-corrected chi connectivity index (χ3v) is 5.08. The van der Waals surface area contributed by atoms with Crippen molar-refractivity contribution in [2.75, 3.05) is 11.4 Å². The molecule has 1 saturated carbocycles. The van der Waals surface area contributed by atoms with Gasteiger partial charge in [-0.2, -0.15) is 0 Å². The lowest BCUT2D eigenvalue weighted by Gasteiger charge is -2.31. The van der Waals surface area contributed by atoms with Gasteiger partial charge in [-0.3, -0.25) is 0 Å². The van der Waals surface area contributed by atoms with Crippen LogP contribution >= 0.6 is 15.9 Å². The number of nitrogens with two attached hydrogens (primary N) is 1. The molecule has 1 aromatic heterocycles. The Balaban J connectivity index is 1.87. The van der Waals surface area contributed by atoms with E-state index < -0.39 is 0 Å². The fourth-order valence-corrected chi connectivity index (χ4v) is 4.15. The Morgan fingerprint density at radius 3 is 2.79 bits per heavy atom. The van der Waals surface area contributed by atoms with Crippen molar-refractivity contribution in [3.05, 3.63) is 22.3 Å². The molecule has 4 heteroatoms. The topological polar surface area (TPSA) is 42.1 Å². The lowest BCUT2D eigenvalue weighted by atomic mass is 9.96. The van der Waals surface area contributed by atoms with E-state index in [4.69, 9.17) is 5.73 Å². The zero-order valence-electron chi connectivity index (χ0n) is 11.3. The van der Waals surface area contributed by atoms with Crippen LogP contribution in [-0.2, 0) is 6.54 Å². The van der Waals surface area contributed by atoms with Gasteiger partial charge in [-0.25, -0.2) is 4.98 Å². The van der Waals surface area contributed by atoms with Crippen LogP contribution in [0.3, 0.4) is 0 Å². The maximum absolute atomic E-state index is 5.90. The molecule has 1 atom stereocenters. The summed E-state index contributed by atoms with van der Waals surface area (Å²) in [6.07, 6.45) is 10.1. The molecular weight excluding hydrogens is 302 g/mol. The van der Waals surface area contributed by atoms with E-state index >= 15 is 0 Å². The van der Waals surface area contributed by atoms with Gasteiger partial charge in [0.15, 0.2) is 0 Å². The van der Waals surface area contributed by atoms with E-state index in [-0.39, 0.29) is 0 Å². The predicted octanol–water partition coefficient (Wildman–Crippen LogP) is 3.46. The van der Waals surface area contributed by atoms with Gasteiger partial charge >= 0.3 is 0 Å². The lowest BCUT2D eigenvalue weighted by molar-refractivity contribution is 0.428. The monoisotopic (exact) mass is 323 g/mol. The number of hydrogen-bond donors (Lipinski definition) is 1. The normalized spacial score (nSPS) is 24.3. The number of rotatable bonds is 3.